The maximum Gasteiger partial charge on any atom is 0.236 e. The van der Waals surface area contributed by atoms with Crippen molar-refractivity contribution in [3.8, 4) is 0 Å². The van der Waals surface area contributed by atoms with Crippen molar-refractivity contribution in [2.24, 2.45) is 11.1 Å². The van der Waals surface area contributed by atoms with Gasteiger partial charge in [-0.15, -0.1) is 24.8 Å². The number of hydrogen-bond donors (Lipinski definition) is 1. The van der Waals surface area contributed by atoms with Crippen LogP contribution in [0.25, 0.3) is 0 Å². The summed E-state index contributed by atoms with van der Waals surface area (Å²) in [6.45, 7) is 10.0. The third-order valence-corrected chi connectivity index (χ3v) is 5.37. The van der Waals surface area contributed by atoms with E-state index in [1.165, 1.54) is 0 Å². The summed E-state index contributed by atoms with van der Waals surface area (Å²) >= 11 is 0. The number of piperazine rings is 1. The van der Waals surface area contributed by atoms with Crippen molar-refractivity contribution in [3.63, 3.8) is 0 Å². The number of anilines is 1. The highest BCUT2D eigenvalue weighted by molar-refractivity contribution is 5.85. The minimum absolute atomic E-state index is 0. The van der Waals surface area contributed by atoms with Gasteiger partial charge in [0.1, 0.15) is 5.82 Å². The van der Waals surface area contributed by atoms with Crippen LogP contribution in [0.5, 0.6) is 0 Å². The normalized spacial score (nSPS) is 23.0. The van der Waals surface area contributed by atoms with Crippen molar-refractivity contribution in [2.45, 2.75) is 26.3 Å². The second-order valence-electron chi connectivity index (χ2n) is 7.65. The molecule has 0 spiro atoms. The van der Waals surface area contributed by atoms with Crippen LogP contribution < -0.4 is 10.6 Å². The molecular weight excluding hydrogens is 373 g/mol. The summed E-state index contributed by atoms with van der Waals surface area (Å²) < 4.78 is 0. The molecule has 3 heterocycles. The molecule has 1 atom stereocenters. The van der Waals surface area contributed by atoms with Crippen LogP contribution in [0, 0.1) is 5.41 Å². The molecule has 0 saturated carbocycles. The van der Waals surface area contributed by atoms with E-state index in [0.717, 1.165) is 51.5 Å². The number of hydrogen-bond acceptors (Lipinski definition) is 5. The summed E-state index contributed by atoms with van der Waals surface area (Å²) in [6.07, 6.45) is 2.72. The maximum atomic E-state index is 12.6. The Bertz CT molecular complexity index is 564. The molecule has 1 aromatic rings. The smallest absolute Gasteiger partial charge is 0.236 e. The third kappa shape index (κ3) is 5.46. The van der Waals surface area contributed by atoms with E-state index >= 15 is 0 Å². The number of aromatic nitrogens is 1. The van der Waals surface area contributed by atoms with Crippen LogP contribution in [0.4, 0.5) is 5.82 Å². The van der Waals surface area contributed by atoms with E-state index in [1.807, 2.05) is 29.3 Å². The van der Waals surface area contributed by atoms with Gasteiger partial charge in [-0.3, -0.25) is 9.69 Å². The number of piperidine rings is 1. The summed E-state index contributed by atoms with van der Waals surface area (Å²) in [5, 5.41) is 0. The summed E-state index contributed by atoms with van der Waals surface area (Å²) in [6, 6.07) is 6.18. The lowest BCUT2D eigenvalue weighted by Crippen LogP contribution is -2.56. The summed E-state index contributed by atoms with van der Waals surface area (Å²) in [7, 11) is 0. The second-order valence-corrected chi connectivity index (χ2v) is 7.65. The first kappa shape index (κ1) is 23.0. The van der Waals surface area contributed by atoms with E-state index in [0.29, 0.717) is 6.54 Å². The van der Waals surface area contributed by atoms with E-state index in [2.05, 4.69) is 28.6 Å². The van der Waals surface area contributed by atoms with Gasteiger partial charge in [0, 0.05) is 51.5 Å². The molecule has 0 aromatic carbocycles. The largest absolute Gasteiger partial charge is 0.354 e. The fourth-order valence-electron chi connectivity index (χ4n) is 3.55. The topological polar surface area (TPSA) is 65.7 Å². The summed E-state index contributed by atoms with van der Waals surface area (Å²) in [5.74, 6) is 1.26. The zero-order valence-corrected chi connectivity index (χ0v) is 17.3. The maximum absolute atomic E-state index is 12.6. The van der Waals surface area contributed by atoms with Gasteiger partial charge in [0.2, 0.25) is 5.91 Å². The molecule has 2 fully saturated rings. The molecule has 0 bridgehead atoms. The first-order valence-corrected chi connectivity index (χ1v) is 8.87. The molecule has 1 unspecified atom stereocenters. The molecule has 2 aliphatic heterocycles. The minimum Gasteiger partial charge on any atom is -0.354 e. The van der Waals surface area contributed by atoms with Gasteiger partial charge in [0.05, 0.1) is 6.54 Å². The Hall–Kier alpha value is -1.08. The Kier molecular flexibility index (Phi) is 8.60. The minimum atomic E-state index is 0. The van der Waals surface area contributed by atoms with Crippen LogP contribution in [0.1, 0.15) is 20.3 Å². The molecule has 26 heavy (non-hydrogen) atoms. The van der Waals surface area contributed by atoms with Gasteiger partial charge in [0.15, 0.2) is 0 Å². The zero-order valence-electron chi connectivity index (χ0n) is 15.6. The quantitative estimate of drug-likeness (QED) is 0.830. The number of pyridine rings is 1. The van der Waals surface area contributed by atoms with Gasteiger partial charge >= 0.3 is 0 Å². The zero-order chi connectivity index (χ0) is 17.2. The molecule has 1 amide bonds. The molecule has 6 nitrogen and oxygen atoms in total. The first-order valence-electron chi connectivity index (χ1n) is 8.87. The van der Waals surface area contributed by atoms with Crippen LogP contribution >= 0.6 is 24.8 Å². The molecular formula is C18H31Cl2N5O. The molecule has 2 aliphatic rings. The number of carbonyl (C=O) groups is 1. The molecule has 3 rings (SSSR count). The average Bonchev–Trinajstić information content (AvgIpc) is 2.58. The van der Waals surface area contributed by atoms with E-state index in [9.17, 15) is 4.79 Å². The summed E-state index contributed by atoms with van der Waals surface area (Å²) in [4.78, 5) is 23.6. The van der Waals surface area contributed by atoms with Crippen molar-refractivity contribution in [1.29, 1.82) is 0 Å². The van der Waals surface area contributed by atoms with Crippen LogP contribution in [-0.4, -0.2) is 72.5 Å². The number of halogens is 2. The van der Waals surface area contributed by atoms with Crippen LogP contribution in [-0.2, 0) is 4.79 Å². The average molecular weight is 404 g/mol. The number of likely N-dealkylation sites (tertiary alicyclic amines) is 1. The monoisotopic (exact) mass is 403 g/mol. The van der Waals surface area contributed by atoms with Crippen molar-refractivity contribution in [2.75, 3.05) is 50.7 Å². The van der Waals surface area contributed by atoms with E-state index in [4.69, 9.17) is 5.73 Å². The molecule has 8 heteroatoms. The van der Waals surface area contributed by atoms with E-state index in [1.54, 1.807) is 0 Å². The standard InChI is InChI=1S/C18H29N5O.2ClH/c1-18(2)14-23(8-6-15(18)19)17(24)13-21-9-11-22(12-10-21)16-5-3-4-7-20-16;;/h3-5,7,15H,6,8-14,19H2,1-2H3;2*1H. The fourth-order valence-corrected chi connectivity index (χ4v) is 3.55. The van der Waals surface area contributed by atoms with Crippen molar-refractivity contribution >= 4 is 36.5 Å². The van der Waals surface area contributed by atoms with E-state index in [-0.39, 0.29) is 42.2 Å². The Labute approximate surface area is 168 Å². The molecule has 2 N–H and O–H groups in total. The second kappa shape index (κ2) is 9.74. The van der Waals surface area contributed by atoms with Crippen LogP contribution in [0.15, 0.2) is 24.4 Å². The van der Waals surface area contributed by atoms with Gasteiger partial charge in [0.25, 0.3) is 0 Å². The van der Waals surface area contributed by atoms with Crippen LogP contribution in [0.3, 0.4) is 0 Å². The SMILES string of the molecule is CC1(C)CN(C(=O)CN2CCN(c3ccccn3)CC2)CCC1N.Cl.Cl. The number of nitrogens with zero attached hydrogens (tertiary/aromatic N) is 4. The van der Waals surface area contributed by atoms with Gasteiger partial charge in [-0.1, -0.05) is 19.9 Å². The highest BCUT2D eigenvalue weighted by Gasteiger charge is 2.35. The molecule has 0 aliphatic carbocycles. The molecule has 1 aromatic heterocycles. The number of nitrogens with two attached hydrogens (primary N) is 1. The Morgan fingerprint density at radius 3 is 2.46 bits per heavy atom. The predicted octanol–water partition coefficient (Wildman–Crippen LogP) is 1.63. The molecule has 0 radical (unpaired) electrons. The van der Waals surface area contributed by atoms with Crippen molar-refractivity contribution < 1.29 is 4.79 Å². The van der Waals surface area contributed by atoms with Crippen molar-refractivity contribution in [1.82, 2.24) is 14.8 Å². The first-order chi connectivity index (χ1) is 11.5. The Morgan fingerprint density at radius 2 is 1.88 bits per heavy atom. The lowest BCUT2D eigenvalue weighted by molar-refractivity contribution is -0.135. The van der Waals surface area contributed by atoms with Gasteiger partial charge < -0.3 is 15.5 Å². The highest BCUT2D eigenvalue weighted by Crippen LogP contribution is 2.27. The fraction of sp³-hybridized carbons (Fsp3) is 0.667. The van der Waals surface area contributed by atoms with E-state index < -0.39 is 0 Å². The number of rotatable bonds is 3. The number of amides is 1. The Balaban J connectivity index is 0.00000169. The van der Waals surface area contributed by atoms with Gasteiger partial charge in [-0.2, -0.15) is 0 Å². The Morgan fingerprint density at radius 1 is 1.19 bits per heavy atom. The molecule has 2 saturated heterocycles. The highest BCUT2D eigenvalue weighted by atomic mass is 35.5. The van der Waals surface area contributed by atoms with Crippen LogP contribution in [0.2, 0.25) is 0 Å². The predicted molar refractivity (Wildman–Crippen MR) is 110 cm³/mol. The van der Waals surface area contributed by atoms with Gasteiger partial charge in [-0.25, -0.2) is 4.98 Å². The third-order valence-electron chi connectivity index (χ3n) is 5.37. The lowest BCUT2D eigenvalue weighted by atomic mass is 9.79. The lowest BCUT2D eigenvalue weighted by Gasteiger charge is -2.43. The van der Waals surface area contributed by atoms with Crippen molar-refractivity contribution in [3.05, 3.63) is 24.4 Å². The number of carbonyl (C=O) groups excluding carboxylic acids is 1. The van der Waals surface area contributed by atoms with Gasteiger partial charge in [-0.05, 0) is 24.0 Å². The molecule has 148 valence electrons. The summed E-state index contributed by atoms with van der Waals surface area (Å²) in [5.41, 5.74) is 6.18.